The summed E-state index contributed by atoms with van der Waals surface area (Å²) >= 11 is 1.70. The first-order valence-corrected chi connectivity index (χ1v) is 7.49. The fraction of sp³-hybridized carbons (Fsp3) is 0.267. The molecule has 106 valence electrons. The summed E-state index contributed by atoms with van der Waals surface area (Å²) in [4.78, 5) is 12.7. The van der Waals surface area contributed by atoms with E-state index in [4.69, 9.17) is 11.5 Å². The Balaban J connectivity index is 2.30. The van der Waals surface area contributed by atoms with E-state index < -0.39 is 5.91 Å². The van der Waals surface area contributed by atoms with Crippen LogP contribution in [0.15, 0.2) is 35.7 Å². The van der Waals surface area contributed by atoms with Gasteiger partial charge in [0.05, 0.1) is 11.6 Å². The number of nitrogen functional groups attached to an aromatic ring is 1. The lowest BCUT2D eigenvalue weighted by atomic mass is 10.1. The summed E-state index contributed by atoms with van der Waals surface area (Å²) in [6.07, 6.45) is 2.03. The topological polar surface area (TPSA) is 81.1 Å². The van der Waals surface area contributed by atoms with Crippen molar-refractivity contribution in [2.45, 2.75) is 25.8 Å². The van der Waals surface area contributed by atoms with Gasteiger partial charge in [-0.2, -0.15) is 0 Å². The highest BCUT2D eigenvalue weighted by atomic mass is 32.1. The standard InChI is InChI=1S/C15H19N3OS/c1-2-4-12(14-5-3-8-20-14)18-13-9-10(16)6-7-11(13)15(17)19/h3,5-9,12,18H,2,4,16H2,1H3,(H2,17,19). The number of thiophene rings is 1. The molecule has 0 saturated heterocycles. The Morgan fingerprint density at radius 2 is 2.20 bits per heavy atom. The van der Waals surface area contributed by atoms with Crippen molar-refractivity contribution in [1.82, 2.24) is 0 Å². The van der Waals surface area contributed by atoms with E-state index in [-0.39, 0.29) is 6.04 Å². The molecule has 0 aliphatic heterocycles. The van der Waals surface area contributed by atoms with Crippen molar-refractivity contribution in [3.05, 3.63) is 46.2 Å². The predicted molar refractivity (Wildman–Crippen MR) is 85.0 cm³/mol. The Bertz CT molecular complexity index is 581. The molecule has 4 nitrogen and oxygen atoms in total. The van der Waals surface area contributed by atoms with Crippen LogP contribution in [0.4, 0.5) is 11.4 Å². The molecule has 0 aliphatic rings. The molecular formula is C15H19N3OS. The van der Waals surface area contributed by atoms with E-state index in [1.54, 1.807) is 29.5 Å². The molecule has 0 fully saturated rings. The zero-order chi connectivity index (χ0) is 14.5. The third-order valence-electron chi connectivity index (χ3n) is 3.10. The van der Waals surface area contributed by atoms with Gasteiger partial charge in [0.2, 0.25) is 0 Å². The minimum atomic E-state index is -0.450. The molecule has 1 atom stereocenters. The van der Waals surface area contributed by atoms with Crippen LogP contribution in [0.3, 0.4) is 0 Å². The molecule has 1 heterocycles. The number of hydrogen-bond donors (Lipinski definition) is 3. The summed E-state index contributed by atoms with van der Waals surface area (Å²) < 4.78 is 0. The van der Waals surface area contributed by atoms with Crippen LogP contribution in [-0.2, 0) is 0 Å². The highest BCUT2D eigenvalue weighted by molar-refractivity contribution is 7.10. The molecule has 2 aromatic rings. The van der Waals surface area contributed by atoms with Crippen LogP contribution in [0.25, 0.3) is 0 Å². The highest BCUT2D eigenvalue weighted by Gasteiger charge is 2.15. The minimum Gasteiger partial charge on any atom is -0.399 e. The molecular weight excluding hydrogens is 270 g/mol. The number of carbonyl (C=O) groups is 1. The van der Waals surface area contributed by atoms with Crippen LogP contribution >= 0.6 is 11.3 Å². The molecule has 0 saturated carbocycles. The number of primary amides is 1. The van der Waals surface area contributed by atoms with Gasteiger partial charge in [0.25, 0.3) is 5.91 Å². The summed E-state index contributed by atoms with van der Waals surface area (Å²) in [5, 5.41) is 5.45. The van der Waals surface area contributed by atoms with Crippen molar-refractivity contribution in [3.8, 4) is 0 Å². The van der Waals surface area contributed by atoms with Gasteiger partial charge in [-0.3, -0.25) is 4.79 Å². The predicted octanol–water partition coefficient (Wildman–Crippen LogP) is 3.38. The first-order valence-electron chi connectivity index (χ1n) is 6.61. The smallest absolute Gasteiger partial charge is 0.250 e. The molecule has 5 heteroatoms. The molecule has 0 radical (unpaired) electrons. The second-order valence-corrected chi connectivity index (χ2v) is 5.65. The van der Waals surface area contributed by atoms with Crippen molar-refractivity contribution in [1.29, 1.82) is 0 Å². The summed E-state index contributed by atoms with van der Waals surface area (Å²) in [6, 6.07) is 9.39. The van der Waals surface area contributed by atoms with E-state index in [2.05, 4.69) is 18.3 Å². The number of nitrogens with one attached hydrogen (secondary N) is 1. The maximum atomic E-state index is 11.5. The SMILES string of the molecule is CCCC(Nc1cc(N)ccc1C(N)=O)c1cccs1. The third-order valence-corrected chi connectivity index (χ3v) is 4.09. The summed E-state index contributed by atoms with van der Waals surface area (Å²) in [6.45, 7) is 2.14. The van der Waals surface area contributed by atoms with Crippen molar-refractivity contribution in [2.24, 2.45) is 5.73 Å². The van der Waals surface area contributed by atoms with Gasteiger partial charge in [0.15, 0.2) is 0 Å². The molecule has 5 N–H and O–H groups in total. The van der Waals surface area contributed by atoms with Crippen molar-refractivity contribution in [3.63, 3.8) is 0 Å². The fourth-order valence-electron chi connectivity index (χ4n) is 2.15. The maximum absolute atomic E-state index is 11.5. The van der Waals surface area contributed by atoms with Gasteiger partial charge in [-0.1, -0.05) is 19.4 Å². The fourth-order valence-corrected chi connectivity index (χ4v) is 2.96. The second-order valence-electron chi connectivity index (χ2n) is 4.67. The highest BCUT2D eigenvalue weighted by Crippen LogP contribution is 2.29. The quantitative estimate of drug-likeness (QED) is 0.713. The van der Waals surface area contributed by atoms with Crippen LogP contribution in [-0.4, -0.2) is 5.91 Å². The van der Waals surface area contributed by atoms with Crippen LogP contribution in [0.1, 0.15) is 41.0 Å². The molecule has 20 heavy (non-hydrogen) atoms. The second kappa shape index (κ2) is 6.43. The Hall–Kier alpha value is -2.01. The van der Waals surface area contributed by atoms with Gasteiger partial charge in [-0.05, 0) is 36.1 Å². The number of nitrogens with two attached hydrogens (primary N) is 2. The number of hydrogen-bond acceptors (Lipinski definition) is 4. The third kappa shape index (κ3) is 3.30. The number of amides is 1. The van der Waals surface area contributed by atoms with Crippen molar-refractivity contribution >= 4 is 28.6 Å². The van der Waals surface area contributed by atoms with Gasteiger partial charge in [-0.15, -0.1) is 11.3 Å². The zero-order valence-corrected chi connectivity index (χ0v) is 12.2. The average molecular weight is 289 g/mol. The normalized spacial score (nSPS) is 12.1. The van der Waals surface area contributed by atoms with Crippen LogP contribution in [0, 0.1) is 0 Å². The molecule has 1 aromatic carbocycles. The van der Waals surface area contributed by atoms with Crippen LogP contribution < -0.4 is 16.8 Å². The molecule has 1 amide bonds. The first kappa shape index (κ1) is 14.4. The van der Waals surface area contributed by atoms with E-state index in [1.807, 2.05) is 11.4 Å². The Kier molecular flexibility index (Phi) is 4.63. The number of anilines is 2. The lowest BCUT2D eigenvalue weighted by Gasteiger charge is -2.20. The van der Waals surface area contributed by atoms with Gasteiger partial charge in [-0.25, -0.2) is 0 Å². The largest absolute Gasteiger partial charge is 0.399 e. The van der Waals surface area contributed by atoms with Crippen molar-refractivity contribution < 1.29 is 4.79 Å². The Morgan fingerprint density at radius 1 is 1.40 bits per heavy atom. The maximum Gasteiger partial charge on any atom is 0.250 e. The number of benzene rings is 1. The summed E-state index contributed by atoms with van der Waals surface area (Å²) in [7, 11) is 0. The molecule has 0 spiro atoms. The lowest BCUT2D eigenvalue weighted by molar-refractivity contribution is 0.100. The van der Waals surface area contributed by atoms with Crippen molar-refractivity contribution in [2.75, 3.05) is 11.1 Å². The van der Waals surface area contributed by atoms with Gasteiger partial charge in [0.1, 0.15) is 0 Å². The van der Waals surface area contributed by atoms with E-state index in [9.17, 15) is 4.79 Å². The minimum absolute atomic E-state index is 0.167. The average Bonchev–Trinajstić information content (AvgIpc) is 2.91. The van der Waals surface area contributed by atoms with Gasteiger partial charge in [0, 0.05) is 16.3 Å². The van der Waals surface area contributed by atoms with E-state index in [0.29, 0.717) is 16.9 Å². The van der Waals surface area contributed by atoms with E-state index in [1.165, 1.54) is 4.88 Å². The Morgan fingerprint density at radius 3 is 2.80 bits per heavy atom. The van der Waals surface area contributed by atoms with Gasteiger partial charge < -0.3 is 16.8 Å². The molecule has 0 aliphatic carbocycles. The molecule has 1 unspecified atom stereocenters. The lowest BCUT2D eigenvalue weighted by Crippen LogP contribution is -2.17. The van der Waals surface area contributed by atoms with Gasteiger partial charge >= 0.3 is 0 Å². The first-order chi connectivity index (χ1) is 9.61. The monoisotopic (exact) mass is 289 g/mol. The van der Waals surface area contributed by atoms with Crippen LogP contribution in [0.5, 0.6) is 0 Å². The molecule has 0 bridgehead atoms. The van der Waals surface area contributed by atoms with E-state index >= 15 is 0 Å². The Labute approximate surface area is 122 Å². The summed E-state index contributed by atoms with van der Waals surface area (Å²) in [5.41, 5.74) is 13.0. The number of rotatable bonds is 6. The van der Waals surface area contributed by atoms with Crippen LogP contribution in [0.2, 0.25) is 0 Å². The van der Waals surface area contributed by atoms with E-state index in [0.717, 1.165) is 12.8 Å². The molecule has 2 rings (SSSR count). The summed E-state index contributed by atoms with van der Waals surface area (Å²) in [5.74, 6) is -0.450. The molecule has 1 aromatic heterocycles. The number of carbonyl (C=O) groups excluding carboxylic acids is 1. The zero-order valence-electron chi connectivity index (χ0n) is 11.4.